The van der Waals surface area contributed by atoms with Crippen molar-refractivity contribution >= 4 is 29.6 Å². The second kappa shape index (κ2) is 9.66. The van der Waals surface area contributed by atoms with Crippen LogP contribution in [-0.4, -0.2) is 99.7 Å². The van der Waals surface area contributed by atoms with Crippen molar-refractivity contribution in [3.63, 3.8) is 0 Å². The lowest BCUT2D eigenvalue weighted by molar-refractivity contribution is -0.138. The molecule has 2 unspecified atom stereocenters. The number of nitrogens with one attached hydrogen (secondary N) is 2. The summed E-state index contributed by atoms with van der Waals surface area (Å²) in [6, 6.07) is -0.415. The molecule has 3 aliphatic heterocycles. The molecule has 13 nitrogen and oxygen atoms in total. The zero-order valence-corrected chi connectivity index (χ0v) is 19.0. The molecule has 15 heteroatoms. The summed E-state index contributed by atoms with van der Waals surface area (Å²) in [6.45, 7) is -1.61. The topological polar surface area (TPSA) is 199 Å². The van der Waals surface area contributed by atoms with E-state index in [1.807, 2.05) is 0 Å². The predicted octanol–water partition coefficient (Wildman–Crippen LogP) is -2.82. The second-order valence-corrected chi connectivity index (χ2v) is 8.71. The number of carbonyl (C=O) groups is 3. The molecular weight excluding hydrogens is 482 g/mol. The van der Waals surface area contributed by atoms with Crippen LogP contribution in [-0.2, 0) is 9.59 Å². The van der Waals surface area contributed by atoms with Gasteiger partial charge in [0.2, 0.25) is 11.8 Å². The second-order valence-electron chi connectivity index (χ2n) is 8.71. The van der Waals surface area contributed by atoms with Crippen LogP contribution in [0.15, 0.2) is 28.2 Å². The number of guanidine groups is 2. The first-order chi connectivity index (χ1) is 17.1. The summed E-state index contributed by atoms with van der Waals surface area (Å²) in [6.07, 6.45) is 0.167. The molecule has 1 saturated heterocycles. The Kier molecular flexibility index (Phi) is 6.77. The molecule has 3 amide bonds. The van der Waals surface area contributed by atoms with Gasteiger partial charge in [-0.15, -0.1) is 0 Å². The fraction of sp³-hybridized carbons (Fsp3) is 0.476. The molecule has 8 N–H and O–H groups in total. The van der Waals surface area contributed by atoms with Gasteiger partial charge in [-0.3, -0.25) is 19.3 Å². The summed E-state index contributed by atoms with van der Waals surface area (Å²) in [5, 5.41) is 25.6. The van der Waals surface area contributed by atoms with Gasteiger partial charge in [-0.05, 0) is 18.2 Å². The van der Waals surface area contributed by atoms with Crippen molar-refractivity contribution < 1.29 is 33.4 Å². The van der Waals surface area contributed by atoms with E-state index < -0.39 is 60.1 Å². The number of imide groups is 1. The van der Waals surface area contributed by atoms with Crippen molar-refractivity contribution in [2.45, 2.75) is 36.6 Å². The SMILES string of the molecule is NC1=NC2[C@H](CN3C(=O)CCC3=O)N=C(N)N(C[C@@H](CO)NC(=O)c3cc(F)ccc3F)C2(CO)N1. The van der Waals surface area contributed by atoms with Crippen molar-refractivity contribution in [2.75, 3.05) is 26.3 Å². The first-order valence-electron chi connectivity index (χ1n) is 11.1. The van der Waals surface area contributed by atoms with Crippen LogP contribution in [0.25, 0.3) is 0 Å². The number of hydrogen-bond donors (Lipinski definition) is 6. The number of amides is 3. The minimum Gasteiger partial charge on any atom is -0.394 e. The Labute approximate surface area is 203 Å². The number of nitrogens with two attached hydrogens (primary N) is 2. The average molecular weight is 508 g/mol. The van der Waals surface area contributed by atoms with Gasteiger partial charge in [-0.2, -0.15) is 0 Å². The lowest BCUT2D eigenvalue weighted by Gasteiger charge is -2.49. The van der Waals surface area contributed by atoms with Gasteiger partial charge >= 0.3 is 0 Å². The number of aliphatic hydroxyl groups excluding tert-OH is 2. The molecule has 0 radical (unpaired) electrons. The summed E-state index contributed by atoms with van der Waals surface area (Å²) >= 11 is 0. The molecule has 3 aliphatic rings. The number of aliphatic hydroxyl groups is 2. The molecule has 3 heterocycles. The van der Waals surface area contributed by atoms with Crippen LogP contribution in [0.5, 0.6) is 0 Å². The maximum Gasteiger partial charge on any atom is 0.254 e. The van der Waals surface area contributed by atoms with Crippen LogP contribution in [0.3, 0.4) is 0 Å². The van der Waals surface area contributed by atoms with Crippen LogP contribution in [0.1, 0.15) is 23.2 Å². The van der Waals surface area contributed by atoms with Crippen molar-refractivity contribution in [3.8, 4) is 0 Å². The van der Waals surface area contributed by atoms with Gasteiger partial charge < -0.3 is 37.2 Å². The molecule has 0 spiro atoms. The molecule has 0 bridgehead atoms. The molecule has 4 rings (SSSR count). The number of aliphatic imine (C=N–C) groups is 2. The Morgan fingerprint density at radius 1 is 1.22 bits per heavy atom. The Hall–Kier alpha value is -3.85. The third-order valence-electron chi connectivity index (χ3n) is 6.43. The molecular formula is C21H26F2N8O5. The Morgan fingerprint density at radius 2 is 1.92 bits per heavy atom. The molecule has 1 aromatic carbocycles. The van der Waals surface area contributed by atoms with E-state index in [-0.39, 0.29) is 49.7 Å². The average Bonchev–Trinajstić information content (AvgIpc) is 3.36. The standard InChI is InChI=1S/C21H26F2N8O5/c22-10-1-2-13(23)12(5-10)18(36)26-11(8-32)6-31-20(25)27-14(7-30-15(34)3-4-16(30)35)17-21(31,9-33)29-19(24)28-17/h1-2,5,11,14,17,32-33H,3-4,6-9H2,(H2,25,27)(H,26,36)(H3,24,28,29)/t11-,14-,17?,21?/m0/s1. The number of fused-ring (bicyclic) bond motifs is 1. The van der Waals surface area contributed by atoms with Crippen molar-refractivity contribution in [1.82, 2.24) is 20.4 Å². The van der Waals surface area contributed by atoms with E-state index >= 15 is 0 Å². The summed E-state index contributed by atoms with van der Waals surface area (Å²) < 4.78 is 27.6. The highest BCUT2D eigenvalue weighted by atomic mass is 19.1. The van der Waals surface area contributed by atoms with E-state index in [0.717, 1.165) is 23.1 Å². The van der Waals surface area contributed by atoms with Crippen molar-refractivity contribution in [3.05, 3.63) is 35.4 Å². The lowest BCUT2D eigenvalue weighted by atomic mass is 9.91. The number of rotatable bonds is 8. The van der Waals surface area contributed by atoms with E-state index in [0.29, 0.717) is 0 Å². The highest BCUT2D eigenvalue weighted by Gasteiger charge is 2.56. The fourth-order valence-corrected chi connectivity index (χ4v) is 4.66. The number of nitrogens with zero attached hydrogens (tertiary/aromatic N) is 4. The highest BCUT2D eigenvalue weighted by molar-refractivity contribution is 6.02. The number of benzene rings is 1. The molecule has 1 aromatic rings. The van der Waals surface area contributed by atoms with Gasteiger partial charge in [0.15, 0.2) is 17.6 Å². The first-order valence-corrected chi connectivity index (χ1v) is 11.1. The van der Waals surface area contributed by atoms with E-state index in [4.69, 9.17) is 11.5 Å². The van der Waals surface area contributed by atoms with Crippen LogP contribution >= 0.6 is 0 Å². The number of carbonyl (C=O) groups excluding carboxylic acids is 3. The van der Waals surface area contributed by atoms with Crippen LogP contribution in [0.4, 0.5) is 8.78 Å². The van der Waals surface area contributed by atoms with Crippen LogP contribution in [0.2, 0.25) is 0 Å². The lowest BCUT2D eigenvalue weighted by Crippen LogP contribution is -2.75. The van der Waals surface area contributed by atoms with E-state index in [1.54, 1.807) is 0 Å². The molecule has 1 fully saturated rings. The highest BCUT2D eigenvalue weighted by Crippen LogP contribution is 2.32. The zero-order valence-electron chi connectivity index (χ0n) is 19.0. The smallest absolute Gasteiger partial charge is 0.254 e. The van der Waals surface area contributed by atoms with Gasteiger partial charge in [-0.1, -0.05) is 0 Å². The van der Waals surface area contributed by atoms with E-state index in [9.17, 15) is 33.4 Å². The predicted molar refractivity (Wildman–Crippen MR) is 121 cm³/mol. The molecule has 0 saturated carbocycles. The maximum absolute atomic E-state index is 14.0. The Morgan fingerprint density at radius 3 is 2.56 bits per heavy atom. The third-order valence-corrected chi connectivity index (χ3v) is 6.43. The maximum atomic E-state index is 14.0. The fourth-order valence-electron chi connectivity index (χ4n) is 4.66. The van der Waals surface area contributed by atoms with Gasteiger partial charge in [0.25, 0.3) is 5.91 Å². The van der Waals surface area contributed by atoms with E-state index in [2.05, 4.69) is 20.6 Å². The van der Waals surface area contributed by atoms with Gasteiger partial charge in [-0.25, -0.2) is 18.8 Å². The first kappa shape index (κ1) is 25.2. The number of halogens is 2. The van der Waals surface area contributed by atoms with Gasteiger partial charge in [0.1, 0.15) is 17.7 Å². The molecule has 4 atom stereocenters. The third kappa shape index (κ3) is 4.42. The molecule has 194 valence electrons. The summed E-state index contributed by atoms with van der Waals surface area (Å²) in [7, 11) is 0. The zero-order chi connectivity index (χ0) is 26.2. The van der Waals surface area contributed by atoms with Crippen LogP contribution < -0.4 is 22.1 Å². The Balaban J connectivity index is 1.59. The van der Waals surface area contributed by atoms with Gasteiger partial charge in [0.05, 0.1) is 37.4 Å². The molecule has 0 aliphatic carbocycles. The van der Waals surface area contributed by atoms with Gasteiger partial charge in [0, 0.05) is 19.4 Å². The van der Waals surface area contributed by atoms with Crippen LogP contribution in [0, 0.1) is 11.6 Å². The Bertz CT molecular complexity index is 1130. The summed E-state index contributed by atoms with van der Waals surface area (Å²) in [4.78, 5) is 47.9. The normalized spacial score (nSPS) is 26.3. The molecule has 0 aromatic heterocycles. The van der Waals surface area contributed by atoms with E-state index in [1.165, 1.54) is 4.90 Å². The minimum atomic E-state index is -1.48. The minimum absolute atomic E-state index is 0.0561. The van der Waals surface area contributed by atoms with Crippen molar-refractivity contribution in [1.29, 1.82) is 0 Å². The number of likely N-dealkylation sites (tertiary alicyclic amines) is 1. The van der Waals surface area contributed by atoms with Crippen molar-refractivity contribution in [2.24, 2.45) is 21.5 Å². The monoisotopic (exact) mass is 508 g/mol. The largest absolute Gasteiger partial charge is 0.394 e. The number of hydrogen-bond acceptors (Lipinski definition) is 11. The quantitative estimate of drug-likeness (QED) is 0.200. The summed E-state index contributed by atoms with van der Waals surface area (Å²) in [5.41, 5.74) is 10.1. The molecule has 36 heavy (non-hydrogen) atoms. The summed E-state index contributed by atoms with van der Waals surface area (Å²) in [5.74, 6) is -3.68.